The van der Waals surface area contributed by atoms with Gasteiger partial charge < -0.3 is 9.72 Å². The molecular weight excluding hydrogens is 166 g/mol. The standard InChI is InChI=1S/C9H15N3O/c1-12(9-2-3-13-6-9)5-8-4-10-7-11-8/h4,7,9H,2-3,5-6H2,1H3,(H,10,11). The van der Waals surface area contributed by atoms with Gasteiger partial charge in [-0.2, -0.15) is 0 Å². The normalized spacial score (nSPS) is 22.8. The average Bonchev–Trinajstić information content (AvgIpc) is 2.74. The number of H-pyrrole nitrogens is 1. The molecule has 4 nitrogen and oxygen atoms in total. The summed E-state index contributed by atoms with van der Waals surface area (Å²) in [4.78, 5) is 9.39. The van der Waals surface area contributed by atoms with E-state index in [0.717, 1.165) is 31.9 Å². The topological polar surface area (TPSA) is 41.2 Å². The van der Waals surface area contributed by atoms with Gasteiger partial charge in [0.25, 0.3) is 0 Å². The van der Waals surface area contributed by atoms with E-state index in [4.69, 9.17) is 4.74 Å². The van der Waals surface area contributed by atoms with Gasteiger partial charge in [0.15, 0.2) is 0 Å². The molecule has 1 aliphatic rings. The predicted octanol–water partition coefficient (Wildman–Crippen LogP) is 0.630. The van der Waals surface area contributed by atoms with Gasteiger partial charge in [0.2, 0.25) is 0 Å². The molecule has 2 rings (SSSR count). The van der Waals surface area contributed by atoms with Crippen LogP contribution in [0.2, 0.25) is 0 Å². The number of nitrogens with zero attached hydrogens (tertiary/aromatic N) is 2. The summed E-state index contributed by atoms with van der Waals surface area (Å²) < 4.78 is 5.33. The first-order chi connectivity index (χ1) is 6.36. The maximum absolute atomic E-state index is 5.33. The summed E-state index contributed by atoms with van der Waals surface area (Å²) in [6, 6.07) is 0.572. The highest BCUT2D eigenvalue weighted by atomic mass is 16.5. The lowest BCUT2D eigenvalue weighted by molar-refractivity contribution is 0.156. The minimum absolute atomic E-state index is 0.572. The van der Waals surface area contributed by atoms with Crippen LogP contribution in [0.25, 0.3) is 0 Å². The number of aromatic nitrogens is 2. The van der Waals surface area contributed by atoms with Crippen molar-refractivity contribution >= 4 is 0 Å². The number of ether oxygens (including phenoxy) is 1. The molecule has 1 aromatic heterocycles. The van der Waals surface area contributed by atoms with Crippen molar-refractivity contribution in [3.05, 3.63) is 18.2 Å². The SMILES string of the molecule is CN(Cc1cnc[nH]1)C1CCOC1. The molecule has 0 aromatic carbocycles. The summed E-state index contributed by atoms with van der Waals surface area (Å²) >= 11 is 0. The monoisotopic (exact) mass is 181 g/mol. The number of aromatic amines is 1. The van der Waals surface area contributed by atoms with Crippen LogP contribution >= 0.6 is 0 Å². The number of likely N-dealkylation sites (N-methyl/N-ethyl adjacent to an activating group) is 1. The Morgan fingerprint density at radius 1 is 1.77 bits per heavy atom. The zero-order valence-corrected chi connectivity index (χ0v) is 7.86. The fourth-order valence-electron chi connectivity index (χ4n) is 1.64. The van der Waals surface area contributed by atoms with Crippen LogP contribution in [0.15, 0.2) is 12.5 Å². The maximum Gasteiger partial charge on any atom is 0.0922 e. The summed E-state index contributed by atoms with van der Waals surface area (Å²) in [6.45, 7) is 2.69. The van der Waals surface area contributed by atoms with Gasteiger partial charge in [-0.15, -0.1) is 0 Å². The first-order valence-corrected chi connectivity index (χ1v) is 4.61. The van der Waals surface area contributed by atoms with E-state index in [0.29, 0.717) is 6.04 Å². The fraction of sp³-hybridized carbons (Fsp3) is 0.667. The molecule has 1 unspecified atom stereocenters. The molecule has 0 bridgehead atoms. The summed E-state index contributed by atoms with van der Waals surface area (Å²) in [5.41, 5.74) is 1.16. The molecule has 1 atom stereocenters. The minimum atomic E-state index is 0.572. The third-order valence-corrected chi connectivity index (χ3v) is 2.50. The lowest BCUT2D eigenvalue weighted by Crippen LogP contribution is -2.31. The van der Waals surface area contributed by atoms with E-state index < -0.39 is 0 Å². The molecule has 1 aromatic rings. The van der Waals surface area contributed by atoms with Gasteiger partial charge in [-0.05, 0) is 13.5 Å². The van der Waals surface area contributed by atoms with E-state index in [1.54, 1.807) is 6.33 Å². The third kappa shape index (κ3) is 2.08. The van der Waals surface area contributed by atoms with Gasteiger partial charge >= 0.3 is 0 Å². The molecule has 2 heterocycles. The van der Waals surface area contributed by atoms with Crippen LogP contribution in [0.4, 0.5) is 0 Å². The molecule has 0 spiro atoms. The largest absolute Gasteiger partial charge is 0.380 e. The molecule has 1 fully saturated rings. The van der Waals surface area contributed by atoms with Gasteiger partial charge in [0.1, 0.15) is 0 Å². The van der Waals surface area contributed by atoms with E-state index >= 15 is 0 Å². The van der Waals surface area contributed by atoms with E-state index in [1.807, 2.05) is 6.20 Å². The molecule has 0 aliphatic carbocycles. The van der Waals surface area contributed by atoms with Gasteiger partial charge in [0, 0.05) is 31.1 Å². The number of hydrogen-bond acceptors (Lipinski definition) is 3. The summed E-state index contributed by atoms with van der Waals surface area (Å²) in [7, 11) is 2.13. The summed E-state index contributed by atoms with van der Waals surface area (Å²) in [5.74, 6) is 0. The van der Waals surface area contributed by atoms with Gasteiger partial charge in [-0.1, -0.05) is 0 Å². The molecule has 1 saturated heterocycles. The number of rotatable bonds is 3. The highest BCUT2D eigenvalue weighted by Gasteiger charge is 2.20. The van der Waals surface area contributed by atoms with Crippen LogP contribution in [0.1, 0.15) is 12.1 Å². The Bertz CT molecular complexity index is 241. The highest BCUT2D eigenvalue weighted by molar-refractivity contribution is 4.94. The van der Waals surface area contributed by atoms with Crippen molar-refractivity contribution in [2.24, 2.45) is 0 Å². The smallest absolute Gasteiger partial charge is 0.0922 e. The first-order valence-electron chi connectivity index (χ1n) is 4.61. The fourth-order valence-corrected chi connectivity index (χ4v) is 1.64. The zero-order chi connectivity index (χ0) is 9.10. The molecule has 4 heteroatoms. The van der Waals surface area contributed by atoms with Crippen LogP contribution in [0.5, 0.6) is 0 Å². The van der Waals surface area contributed by atoms with Crippen molar-refractivity contribution in [1.29, 1.82) is 0 Å². The van der Waals surface area contributed by atoms with Gasteiger partial charge in [-0.3, -0.25) is 4.90 Å². The molecule has 72 valence electrons. The van der Waals surface area contributed by atoms with Gasteiger partial charge in [-0.25, -0.2) is 4.98 Å². The Kier molecular flexibility index (Phi) is 2.61. The Balaban J connectivity index is 1.87. The summed E-state index contributed by atoms with van der Waals surface area (Å²) in [6.07, 6.45) is 4.73. The van der Waals surface area contributed by atoms with Crippen molar-refractivity contribution in [1.82, 2.24) is 14.9 Å². The number of imidazole rings is 1. The minimum Gasteiger partial charge on any atom is -0.380 e. The van der Waals surface area contributed by atoms with Crippen LogP contribution in [0.3, 0.4) is 0 Å². The quantitative estimate of drug-likeness (QED) is 0.743. The van der Waals surface area contributed by atoms with Crippen molar-refractivity contribution < 1.29 is 4.74 Å². The van der Waals surface area contributed by atoms with Crippen LogP contribution < -0.4 is 0 Å². The Hall–Kier alpha value is -0.870. The molecule has 1 aliphatic heterocycles. The molecule has 0 radical (unpaired) electrons. The molecule has 13 heavy (non-hydrogen) atoms. The maximum atomic E-state index is 5.33. The third-order valence-electron chi connectivity index (χ3n) is 2.50. The Morgan fingerprint density at radius 3 is 3.31 bits per heavy atom. The van der Waals surface area contributed by atoms with Crippen LogP contribution in [-0.4, -0.2) is 41.2 Å². The molecule has 0 saturated carbocycles. The lowest BCUT2D eigenvalue weighted by Gasteiger charge is -2.21. The van der Waals surface area contributed by atoms with Crippen molar-refractivity contribution in [2.75, 3.05) is 20.3 Å². The summed E-state index contributed by atoms with van der Waals surface area (Å²) in [5, 5.41) is 0. The Morgan fingerprint density at radius 2 is 2.69 bits per heavy atom. The van der Waals surface area contributed by atoms with Crippen molar-refractivity contribution in [3.8, 4) is 0 Å². The number of nitrogens with one attached hydrogen (secondary N) is 1. The van der Waals surface area contributed by atoms with E-state index in [1.165, 1.54) is 0 Å². The van der Waals surface area contributed by atoms with E-state index in [9.17, 15) is 0 Å². The second-order valence-corrected chi connectivity index (χ2v) is 3.51. The second kappa shape index (κ2) is 3.89. The van der Waals surface area contributed by atoms with Gasteiger partial charge in [0.05, 0.1) is 12.9 Å². The lowest BCUT2D eigenvalue weighted by atomic mass is 10.2. The highest BCUT2D eigenvalue weighted by Crippen LogP contribution is 2.12. The van der Waals surface area contributed by atoms with E-state index in [2.05, 4.69) is 21.9 Å². The zero-order valence-electron chi connectivity index (χ0n) is 7.86. The van der Waals surface area contributed by atoms with E-state index in [-0.39, 0.29) is 0 Å². The van der Waals surface area contributed by atoms with Crippen molar-refractivity contribution in [2.45, 2.75) is 19.0 Å². The van der Waals surface area contributed by atoms with Crippen LogP contribution in [-0.2, 0) is 11.3 Å². The molecule has 0 amide bonds. The van der Waals surface area contributed by atoms with Crippen molar-refractivity contribution in [3.63, 3.8) is 0 Å². The Labute approximate surface area is 77.9 Å². The molecular formula is C9H15N3O. The predicted molar refractivity (Wildman–Crippen MR) is 49.3 cm³/mol. The number of hydrogen-bond donors (Lipinski definition) is 1. The average molecular weight is 181 g/mol. The second-order valence-electron chi connectivity index (χ2n) is 3.51. The first kappa shape index (κ1) is 8.72. The molecule has 1 N–H and O–H groups in total. The van der Waals surface area contributed by atoms with Crippen LogP contribution in [0, 0.1) is 0 Å².